The maximum Gasteiger partial charge on any atom is 0.416 e. The smallest absolute Gasteiger partial charge is 0.343 e. The Kier molecular flexibility index (Phi) is 5.71. The molecule has 1 aliphatic rings. The molecule has 0 unspecified atom stereocenters. The summed E-state index contributed by atoms with van der Waals surface area (Å²) in [6, 6.07) is 6.85. The van der Waals surface area contributed by atoms with E-state index in [4.69, 9.17) is 0 Å². The molecule has 6 nitrogen and oxygen atoms in total. The fraction of sp³-hybridized carbons (Fsp3) is 0.421. The molecule has 1 fully saturated rings. The average Bonchev–Trinajstić information content (AvgIpc) is 3.08. The molecule has 0 saturated carbocycles. The van der Waals surface area contributed by atoms with E-state index < -0.39 is 11.7 Å². The lowest BCUT2D eigenvalue weighted by Gasteiger charge is -2.30. The highest BCUT2D eigenvalue weighted by atomic mass is 19.4. The van der Waals surface area contributed by atoms with Crippen molar-refractivity contribution in [2.45, 2.75) is 32.5 Å². The lowest BCUT2D eigenvalue weighted by Crippen LogP contribution is -2.40. The molecule has 0 spiro atoms. The molecule has 1 aliphatic heterocycles. The summed E-state index contributed by atoms with van der Waals surface area (Å²) in [4.78, 5) is 25.6. The third-order valence-electron chi connectivity index (χ3n) is 4.92. The van der Waals surface area contributed by atoms with E-state index in [1.165, 1.54) is 36.0 Å². The number of nitrogens with zero attached hydrogens (tertiary/aromatic N) is 3. The zero-order chi connectivity index (χ0) is 20.3. The number of nitrogens with one attached hydrogen (secondary N) is 1. The third kappa shape index (κ3) is 4.52. The van der Waals surface area contributed by atoms with E-state index in [-0.39, 0.29) is 29.8 Å². The highest BCUT2D eigenvalue weighted by molar-refractivity contribution is 5.92. The van der Waals surface area contributed by atoms with Crippen LogP contribution in [0.1, 0.15) is 30.9 Å². The van der Waals surface area contributed by atoms with Crippen molar-refractivity contribution in [3.63, 3.8) is 0 Å². The molecule has 9 heteroatoms. The molecule has 2 aromatic rings. The van der Waals surface area contributed by atoms with Crippen LogP contribution in [-0.4, -0.2) is 39.6 Å². The Hall–Kier alpha value is -2.84. The first-order valence-corrected chi connectivity index (χ1v) is 8.99. The summed E-state index contributed by atoms with van der Waals surface area (Å²) < 4.78 is 40.9. The summed E-state index contributed by atoms with van der Waals surface area (Å²) in [5.41, 5.74) is -0.650. The summed E-state index contributed by atoms with van der Waals surface area (Å²) in [7, 11) is 0. The largest absolute Gasteiger partial charge is 0.416 e. The van der Waals surface area contributed by atoms with Crippen molar-refractivity contribution in [1.82, 2.24) is 14.7 Å². The lowest BCUT2D eigenvalue weighted by molar-refractivity contribution is -0.138. The third-order valence-corrected chi connectivity index (χ3v) is 4.92. The number of likely N-dealkylation sites (tertiary alicyclic amines) is 1. The summed E-state index contributed by atoms with van der Waals surface area (Å²) in [5.74, 6) is -0.133. The maximum absolute atomic E-state index is 13.2. The van der Waals surface area contributed by atoms with Gasteiger partial charge in [-0.15, -0.1) is 0 Å². The number of alkyl halides is 3. The van der Waals surface area contributed by atoms with E-state index in [2.05, 4.69) is 10.4 Å². The highest BCUT2D eigenvalue weighted by Gasteiger charge is 2.33. The molecule has 28 heavy (non-hydrogen) atoms. The zero-order valence-corrected chi connectivity index (χ0v) is 15.4. The second kappa shape index (κ2) is 8.04. The average molecular weight is 394 g/mol. The molecule has 1 aromatic carbocycles. The zero-order valence-electron chi connectivity index (χ0n) is 15.4. The molecule has 1 aromatic heterocycles. The van der Waals surface area contributed by atoms with Crippen LogP contribution < -0.4 is 5.32 Å². The number of carbonyl (C=O) groups excluding carboxylic acids is 2. The van der Waals surface area contributed by atoms with Crippen LogP contribution in [0.4, 0.5) is 19.0 Å². The van der Waals surface area contributed by atoms with Gasteiger partial charge in [0.2, 0.25) is 11.8 Å². The van der Waals surface area contributed by atoms with Gasteiger partial charge >= 0.3 is 6.18 Å². The molecule has 0 bridgehead atoms. The molecular weight excluding hydrogens is 373 g/mol. The van der Waals surface area contributed by atoms with Crippen LogP contribution in [0.5, 0.6) is 0 Å². The Morgan fingerprint density at radius 3 is 2.50 bits per heavy atom. The summed E-state index contributed by atoms with van der Waals surface area (Å²) in [6.07, 6.45) is -1.92. The van der Waals surface area contributed by atoms with Crippen molar-refractivity contribution in [2.24, 2.45) is 5.92 Å². The fourth-order valence-electron chi connectivity index (χ4n) is 3.35. The monoisotopic (exact) mass is 394 g/mol. The number of anilines is 1. The standard InChI is InChI=1S/C19H21F3N4O2/c1-13(27)25-10-7-14(8-11-25)18(28)24-17-6-9-23-26(17)12-15-4-2-3-5-16(15)19(20,21)22/h2-6,9,14H,7-8,10-12H2,1H3,(H,24,28). The van der Waals surface area contributed by atoms with Gasteiger partial charge in [0.25, 0.3) is 0 Å². The number of aromatic nitrogens is 2. The van der Waals surface area contributed by atoms with Crippen LogP contribution in [0.15, 0.2) is 36.5 Å². The van der Waals surface area contributed by atoms with Crippen molar-refractivity contribution in [2.75, 3.05) is 18.4 Å². The van der Waals surface area contributed by atoms with Gasteiger partial charge in [0.1, 0.15) is 5.82 Å². The van der Waals surface area contributed by atoms with E-state index in [1.54, 1.807) is 11.0 Å². The summed E-state index contributed by atoms with van der Waals surface area (Å²) in [5, 5.41) is 6.81. The Labute approximate surface area is 160 Å². The number of hydrogen-bond acceptors (Lipinski definition) is 3. The number of amides is 2. The fourth-order valence-corrected chi connectivity index (χ4v) is 3.35. The SMILES string of the molecule is CC(=O)N1CCC(C(=O)Nc2ccnn2Cc2ccccc2C(F)(F)F)CC1. The van der Waals surface area contributed by atoms with Gasteiger partial charge in [-0.2, -0.15) is 18.3 Å². The van der Waals surface area contributed by atoms with Gasteiger partial charge < -0.3 is 10.2 Å². The van der Waals surface area contributed by atoms with Crippen molar-refractivity contribution in [1.29, 1.82) is 0 Å². The van der Waals surface area contributed by atoms with Gasteiger partial charge in [0.15, 0.2) is 0 Å². The number of piperidine rings is 1. The molecule has 1 saturated heterocycles. The molecule has 2 heterocycles. The van der Waals surface area contributed by atoms with Gasteiger partial charge in [-0.25, -0.2) is 4.68 Å². The first-order valence-electron chi connectivity index (χ1n) is 8.99. The minimum atomic E-state index is -4.46. The molecular formula is C19H21F3N4O2. The maximum atomic E-state index is 13.2. The van der Waals surface area contributed by atoms with Crippen LogP contribution in [0.25, 0.3) is 0 Å². The number of hydrogen-bond donors (Lipinski definition) is 1. The predicted octanol–water partition coefficient (Wildman–Crippen LogP) is 3.15. The summed E-state index contributed by atoms with van der Waals surface area (Å²) in [6.45, 7) is 2.43. The van der Waals surface area contributed by atoms with E-state index in [0.29, 0.717) is 31.7 Å². The van der Waals surface area contributed by atoms with Crippen molar-refractivity contribution >= 4 is 17.6 Å². The Balaban J connectivity index is 1.68. The second-order valence-corrected chi connectivity index (χ2v) is 6.80. The molecule has 2 amide bonds. The Morgan fingerprint density at radius 1 is 1.18 bits per heavy atom. The van der Waals surface area contributed by atoms with Crippen LogP contribution in [-0.2, 0) is 22.3 Å². The van der Waals surface area contributed by atoms with E-state index in [0.717, 1.165) is 6.07 Å². The number of benzene rings is 1. The van der Waals surface area contributed by atoms with E-state index in [1.807, 2.05) is 0 Å². The van der Waals surface area contributed by atoms with Crippen molar-refractivity contribution < 1.29 is 22.8 Å². The number of halogens is 3. The van der Waals surface area contributed by atoms with Gasteiger partial charge in [-0.3, -0.25) is 9.59 Å². The topological polar surface area (TPSA) is 67.2 Å². The molecule has 0 radical (unpaired) electrons. The van der Waals surface area contributed by atoms with Crippen LogP contribution >= 0.6 is 0 Å². The van der Waals surface area contributed by atoms with Crippen LogP contribution in [0.3, 0.4) is 0 Å². The van der Waals surface area contributed by atoms with Crippen molar-refractivity contribution in [3.8, 4) is 0 Å². The first-order chi connectivity index (χ1) is 13.3. The van der Waals surface area contributed by atoms with Gasteiger partial charge in [-0.1, -0.05) is 18.2 Å². The summed E-state index contributed by atoms with van der Waals surface area (Å²) >= 11 is 0. The quantitative estimate of drug-likeness (QED) is 0.866. The van der Waals surface area contributed by atoms with Crippen LogP contribution in [0, 0.1) is 5.92 Å². The Morgan fingerprint density at radius 2 is 1.86 bits per heavy atom. The minimum absolute atomic E-state index is 0.0136. The van der Waals surface area contributed by atoms with Gasteiger partial charge in [0, 0.05) is 32.0 Å². The molecule has 0 atom stereocenters. The molecule has 1 N–H and O–H groups in total. The normalized spacial score (nSPS) is 15.5. The highest BCUT2D eigenvalue weighted by Crippen LogP contribution is 2.32. The van der Waals surface area contributed by atoms with Crippen LogP contribution in [0.2, 0.25) is 0 Å². The van der Waals surface area contributed by atoms with E-state index >= 15 is 0 Å². The van der Waals surface area contributed by atoms with E-state index in [9.17, 15) is 22.8 Å². The van der Waals surface area contributed by atoms with Gasteiger partial charge in [-0.05, 0) is 24.5 Å². The predicted molar refractivity (Wildman–Crippen MR) is 96.4 cm³/mol. The molecule has 3 rings (SSSR count). The van der Waals surface area contributed by atoms with Crippen molar-refractivity contribution in [3.05, 3.63) is 47.7 Å². The number of carbonyl (C=O) groups is 2. The minimum Gasteiger partial charge on any atom is -0.343 e. The second-order valence-electron chi connectivity index (χ2n) is 6.80. The molecule has 150 valence electrons. The van der Waals surface area contributed by atoms with Gasteiger partial charge in [0.05, 0.1) is 18.3 Å². The number of rotatable bonds is 4. The lowest BCUT2D eigenvalue weighted by atomic mass is 9.96. The molecule has 0 aliphatic carbocycles. The first kappa shape index (κ1) is 19.9. The Bertz CT molecular complexity index is 855.